The zero-order valence-corrected chi connectivity index (χ0v) is 6.42. The van der Waals surface area contributed by atoms with Crippen molar-refractivity contribution < 1.29 is 14.4 Å². The third kappa shape index (κ3) is 1.73. The fourth-order valence-corrected chi connectivity index (χ4v) is 1.25. The average molecular weight is 154 g/mol. The van der Waals surface area contributed by atoms with E-state index >= 15 is 0 Å². The molecule has 1 rings (SSSR count). The van der Waals surface area contributed by atoms with Crippen LogP contribution in [0.2, 0.25) is 0 Å². The number of hydrogen-bond acceptors (Lipinski definition) is 3. The summed E-state index contributed by atoms with van der Waals surface area (Å²) in [6, 6.07) is 0. The Morgan fingerprint density at radius 2 is 2.00 bits per heavy atom. The lowest BCUT2D eigenvalue weighted by atomic mass is 9.85. The lowest BCUT2D eigenvalue weighted by Gasteiger charge is -2.16. The number of carbonyl (C=O) groups excluding carboxylic acids is 3. The van der Waals surface area contributed by atoms with Crippen LogP contribution in [0.5, 0.6) is 0 Å². The van der Waals surface area contributed by atoms with Gasteiger partial charge in [-0.15, -0.1) is 0 Å². The number of carbonyl (C=O) groups is 3. The van der Waals surface area contributed by atoms with Gasteiger partial charge in [-0.3, -0.25) is 14.4 Å². The van der Waals surface area contributed by atoms with E-state index in [-0.39, 0.29) is 30.2 Å². The maximum atomic E-state index is 11.0. The molecule has 0 aromatic carbocycles. The first-order valence-corrected chi connectivity index (χ1v) is 3.66. The molecule has 1 atom stereocenters. The molecule has 0 saturated heterocycles. The van der Waals surface area contributed by atoms with Crippen LogP contribution in [-0.2, 0) is 14.4 Å². The van der Waals surface area contributed by atoms with Crippen molar-refractivity contribution in [2.75, 3.05) is 0 Å². The Labute approximate surface area is 64.8 Å². The number of ketones is 3. The topological polar surface area (TPSA) is 51.2 Å². The van der Waals surface area contributed by atoms with Crippen LogP contribution in [0.3, 0.4) is 0 Å². The van der Waals surface area contributed by atoms with Crippen molar-refractivity contribution in [2.24, 2.45) is 5.92 Å². The summed E-state index contributed by atoms with van der Waals surface area (Å²) in [5.74, 6) is -0.846. The van der Waals surface area contributed by atoms with Crippen LogP contribution in [0.25, 0.3) is 0 Å². The van der Waals surface area contributed by atoms with Crippen molar-refractivity contribution in [2.45, 2.75) is 26.2 Å². The Bertz CT molecular complexity index is 217. The molecule has 1 saturated carbocycles. The number of hydrogen-bond donors (Lipinski definition) is 0. The van der Waals surface area contributed by atoms with Gasteiger partial charge < -0.3 is 0 Å². The highest BCUT2D eigenvalue weighted by Crippen LogP contribution is 2.18. The summed E-state index contributed by atoms with van der Waals surface area (Å²) in [6.45, 7) is 1.36. The minimum Gasteiger partial charge on any atom is -0.300 e. The third-order valence-corrected chi connectivity index (χ3v) is 1.96. The van der Waals surface area contributed by atoms with Gasteiger partial charge in [-0.1, -0.05) is 0 Å². The molecule has 0 heterocycles. The molecule has 0 aromatic heterocycles. The van der Waals surface area contributed by atoms with Gasteiger partial charge in [-0.05, 0) is 6.92 Å². The smallest absolute Gasteiger partial charge is 0.144 e. The van der Waals surface area contributed by atoms with Gasteiger partial charge >= 0.3 is 0 Å². The predicted molar refractivity (Wildman–Crippen MR) is 38.0 cm³/mol. The Morgan fingerprint density at radius 1 is 1.36 bits per heavy atom. The van der Waals surface area contributed by atoms with E-state index in [1.165, 1.54) is 6.92 Å². The van der Waals surface area contributed by atoms with Crippen LogP contribution in [-0.4, -0.2) is 17.3 Å². The van der Waals surface area contributed by atoms with Crippen molar-refractivity contribution in [3.8, 4) is 0 Å². The second-order valence-corrected chi connectivity index (χ2v) is 2.87. The molecule has 11 heavy (non-hydrogen) atoms. The van der Waals surface area contributed by atoms with E-state index < -0.39 is 5.92 Å². The molecule has 1 unspecified atom stereocenters. The summed E-state index contributed by atoms with van der Waals surface area (Å²) < 4.78 is 0. The fourth-order valence-electron chi connectivity index (χ4n) is 1.25. The van der Waals surface area contributed by atoms with Gasteiger partial charge in [0, 0.05) is 19.3 Å². The van der Waals surface area contributed by atoms with Gasteiger partial charge in [0.1, 0.15) is 17.3 Å². The van der Waals surface area contributed by atoms with Crippen LogP contribution in [0, 0.1) is 5.92 Å². The molecule has 60 valence electrons. The normalized spacial score (nSPS) is 25.4. The summed E-state index contributed by atoms with van der Waals surface area (Å²) in [7, 11) is 0. The molecule has 3 nitrogen and oxygen atoms in total. The first kappa shape index (κ1) is 8.11. The number of rotatable bonds is 1. The summed E-state index contributed by atoms with van der Waals surface area (Å²) in [4.78, 5) is 32.6. The molecule has 0 spiro atoms. The minimum absolute atomic E-state index is 0.0322. The standard InChI is InChI=1S/C8H10O3/c1-5(9)7-4-6(10)2-3-8(7)11/h7H,2-4H2,1H3. The lowest BCUT2D eigenvalue weighted by molar-refractivity contribution is -0.139. The van der Waals surface area contributed by atoms with Gasteiger partial charge in [0.25, 0.3) is 0 Å². The first-order valence-electron chi connectivity index (χ1n) is 3.66. The molecule has 0 radical (unpaired) electrons. The lowest BCUT2D eigenvalue weighted by Crippen LogP contribution is -2.29. The van der Waals surface area contributed by atoms with Crippen LogP contribution < -0.4 is 0 Å². The molecule has 3 heteroatoms. The fraction of sp³-hybridized carbons (Fsp3) is 0.625. The van der Waals surface area contributed by atoms with Gasteiger partial charge in [0.05, 0.1) is 5.92 Å². The van der Waals surface area contributed by atoms with Gasteiger partial charge in [-0.2, -0.15) is 0 Å². The van der Waals surface area contributed by atoms with Crippen molar-refractivity contribution in [3.63, 3.8) is 0 Å². The first-order chi connectivity index (χ1) is 5.11. The van der Waals surface area contributed by atoms with Gasteiger partial charge in [0.2, 0.25) is 0 Å². The van der Waals surface area contributed by atoms with E-state index in [1.54, 1.807) is 0 Å². The zero-order valence-electron chi connectivity index (χ0n) is 6.42. The Morgan fingerprint density at radius 3 is 2.45 bits per heavy atom. The van der Waals surface area contributed by atoms with Crippen molar-refractivity contribution in [1.82, 2.24) is 0 Å². The minimum atomic E-state index is -0.628. The van der Waals surface area contributed by atoms with E-state index in [0.717, 1.165) is 0 Å². The van der Waals surface area contributed by atoms with Crippen LogP contribution in [0.1, 0.15) is 26.2 Å². The molecule has 0 N–H and O–H groups in total. The second kappa shape index (κ2) is 2.95. The monoisotopic (exact) mass is 154 g/mol. The quantitative estimate of drug-likeness (QED) is 0.517. The van der Waals surface area contributed by atoms with Crippen molar-refractivity contribution in [3.05, 3.63) is 0 Å². The zero-order chi connectivity index (χ0) is 8.43. The van der Waals surface area contributed by atoms with E-state index in [4.69, 9.17) is 0 Å². The van der Waals surface area contributed by atoms with Gasteiger partial charge in [-0.25, -0.2) is 0 Å². The Balaban J connectivity index is 2.69. The van der Waals surface area contributed by atoms with E-state index in [9.17, 15) is 14.4 Å². The second-order valence-electron chi connectivity index (χ2n) is 2.87. The highest BCUT2D eigenvalue weighted by Gasteiger charge is 2.30. The maximum Gasteiger partial charge on any atom is 0.144 e. The third-order valence-electron chi connectivity index (χ3n) is 1.96. The molecule has 0 amide bonds. The average Bonchev–Trinajstić information content (AvgIpc) is 1.94. The number of Topliss-reactive ketones (excluding diaryl/α,β-unsaturated/α-hetero) is 3. The molecule has 0 aliphatic heterocycles. The summed E-state index contributed by atoms with van der Waals surface area (Å²) in [5, 5.41) is 0. The van der Waals surface area contributed by atoms with Crippen molar-refractivity contribution in [1.29, 1.82) is 0 Å². The van der Waals surface area contributed by atoms with Crippen LogP contribution in [0.15, 0.2) is 0 Å². The highest BCUT2D eigenvalue weighted by atomic mass is 16.2. The predicted octanol–water partition coefficient (Wildman–Crippen LogP) is 0.514. The Hall–Kier alpha value is -0.990. The molecular weight excluding hydrogens is 144 g/mol. The largest absolute Gasteiger partial charge is 0.300 e. The van der Waals surface area contributed by atoms with E-state index in [1.807, 2.05) is 0 Å². The van der Waals surface area contributed by atoms with Crippen LogP contribution >= 0.6 is 0 Å². The summed E-state index contributed by atoms with van der Waals surface area (Å²) >= 11 is 0. The maximum absolute atomic E-state index is 11.0. The molecule has 1 aliphatic carbocycles. The van der Waals surface area contributed by atoms with Gasteiger partial charge in [0.15, 0.2) is 0 Å². The molecule has 0 bridgehead atoms. The SMILES string of the molecule is CC(=O)C1CC(=O)CCC1=O. The van der Waals surface area contributed by atoms with E-state index in [2.05, 4.69) is 0 Å². The van der Waals surface area contributed by atoms with E-state index in [0.29, 0.717) is 6.42 Å². The molecular formula is C8H10O3. The molecule has 1 aliphatic rings. The van der Waals surface area contributed by atoms with Crippen molar-refractivity contribution >= 4 is 17.3 Å². The summed E-state index contributed by atoms with van der Waals surface area (Å²) in [6.07, 6.45) is 0.708. The molecule has 1 fully saturated rings. The molecule has 0 aromatic rings. The summed E-state index contributed by atoms with van der Waals surface area (Å²) in [5.41, 5.74) is 0. The highest BCUT2D eigenvalue weighted by molar-refractivity contribution is 6.07. The Kier molecular flexibility index (Phi) is 2.17. The van der Waals surface area contributed by atoms with Crippen LogP contribution in [0.4, 0.5) is 0 Å².